The highest BCUT2D eigenvalue weighted by atomic mass is 16.3. The Balaban J connectivity index is 1.25. The molecule has 2 nitrogen and oxygen atoms in total. The van der Waals surface area contributed by atoms with Crippen LogP contribution in [0.25, 0.3) is 76.9 Å². The summed E-state index contributed by atoms with van der Waals surface area (Å²) in [6, 6.07) is 68.2. The van der Waals surface area contributed by atoms with Crippen LogP contribution in [0.15, 0.2) is 192 Å². The van der Waals surface area contributed by atoms with E-state index >= 15 is 0 Å². The summed E-state index contributed by atoms with van der Waals surface area (Å²) in [6.07, 6.45) is 0. The van der Waals surface area contributed by atoms with E-state index < -0.39 is 0 Å². The van der Waals surface area contributed by atoms with Crippen LogP contribution in [0.4, 0.5) is 17.1 Å². The molecule has 0 N–H and O–H groups in total. The summed E-state index contributed by atoms with van der Waals surface area (Å²) in [5.74, 6) is 0. The first-order chi connectivity index (χ1) is 27.1. The molecule has 0 amide bonds. The Bertz CT molecular complexity index is 3100. The SMILES string of the molecule is CC1(C)c2ccccc2-c2ccc(N(c3ccc(-c4ccccc4)cc3)c3c(-c4ccccc4)ccc4c3oc3c5ccccc5c5ccccc5c43)cc21. The molecule has 0 saturated heterocycles. The number of anilines is 3. The van der Waals surface area contributed by atoms with Crippen molar-refractivity contribution in [1.29, 1.82) is 0 Å². The highest BCUT2D eigenvalue weighted by Gasteiger charge is 2.36. The zero-order chi connectivity index (χ0) is 36.7. The Morgan fingerprint density at radius 2 is 0.927 bits per heavy atom. The van der Waals surface area contributed by atoms with Crippen LogP contribution in [-0.2, 0) is 5.41 Å². The van der Waals surface area contributed by atoms with Gasteiger partial charge in [0.15, 0.2) is 5.58 Å². The van der Waals surface area contributed by atoms with Gasteiger partial charge in [0.2, 0.25) is 0 Å². The maximum atomic E-state index is 7.33. The largest absolute Gasteiger partial charge is 0.453 e. The number of nitrogens with zero attached hydrogens (tertiary/aromatic N) is 1. The summed E-state index contributed by atoms with van der Waals surface area (Å²) < 4.78 is 7.33. The van der Waals surface area contributed by atoms with Crippen LogP contribution in [0, 0.1) is 0 Å². The zero-order valence-electron chi connectivity index (χ0n) is 30.8. The van der Waals surface area contributed by atoms with Crippen LogP contribution in [-0.4, -0.2) is 0 Å². The third kappa shape index (κ3) is 4.74. The summed E-state index contributed by atoms with van der Waals surface area (Å²) in [5.41, 5.74) is 14.7. The fourth-order valence-corrected chi connectivity index (χ4v) is 9.20. The second-order valence-electron chi connectivity index (χ2n) is 15.3. The molecule has 55 heavy (non-hydrogen) atoms. The zero-order valence-corrected chi connectivity index (χ0v) is 30.8. The molecule has 1 aromatic heterocycles. The minimum Gasteiger partial charge on any atom is -0.453 e. The molecule has 0 unspecified atom stereocenters. The lowest BCUT2D eigenvalue weighted by Crippen LogP contribution is -2.17. The molecule has 1 aliphatic rings. The van der Waals surface area contributed by atoms with Crippen molar-refractivity contribution in [3.63, 3.8) is 0 Å². The second kappa shape index (κ2) is 12.1. The second-order valence-corrected chi connectivity index (χ2v) is 15.3. The first kappa shape index (κ1) is 31.6. The minimum atomic E-state index is -0.157. The molecule has 10 aromatic rings. The number of rotatable bonds is 5. The van der Waals surface area contributed by atoms with Crippen molar-refractivity contribution in [1.82, 2.24) is 0 Å². The number of benzene rings is 9. The van der Waals surface area contributed by atoms with Crippen LogP contribution >= 0.6 is 0 Å². The molecule has 260 valence electrons. The van der Waals surface area contributed by atoms with E-state index in [0.29, 0.717) is 0 Å². The Morgan fingerprint density at radius 3 is 1.67 bits per heavy atom. The van der Waals surface area contributed by atoms with Gasteiger partial charge in [-0.2, -0.15) is 0 Å². The van der Waals surface area contributed by atoms with E-state index in [4.69, 9.17) is 4.42 Å². The number of furan rings is 1. The molecule has 0 bridgehead atoms. The molecule has 0 spiro atoms. The van der Waals surface area contributed by atoms with Crippen molar-refractivity contribution in [3.8, 4) is 33.4 Å². The van der Waals surface area contributed by atoms with E-state index in [2.05, 4.69) is 207 Å². The van der Waals surface area contributed by atoms with Crippen molar-refractivity contribution in [2.24, 2.45) is 0 Å². The highest BCUT2D eigenvalue weighted by Crippen LogP contribution is 2.53. The average molecular weight is 704 g/mol. The molecule has 9 aromatic carbocycles. The van der Waals surface area contributed by atoms with Crippen LogP contribution in [0.3, 0.4) is 0 Å². The maximum Gasteiger partial charge on any atom is 0.160 e. The van der Waals surface area contributed by atoms with Gasteiger partial charge in [-0.05, 0) is 85.4 Å². The summed E-state index contributed by atoms with van der Waals surface area (Å²) in [4.78, 5) is 2.44. The lowest BCUT2D eigenvalue weighted by atomic mass is 9.82. The maximum absolute atomic E-state index is 7.33. The fourth-order valence-electron chi connectivity index (χ4n) is 9.20. The van der Waals surface area contributed by atoms with Gasteiger partial charge in [-0.3, -0.25) is 0 Å². The van der Waals surface area contributed by atoms with Gasteiger partial charge >= 0.3 is 0 Å². The smallest absolute Gasteiger partial charge is 0.160 e. The van der Waals surface area contributed by atoms with E-state index in [-0.39, 0.29) is 5.41 Å². The van der Waals surface area contributed by atoms with E-state index in [1.807, 2.05) is 0 Å². The third-order valence-corrected chi connectivity index (χ3v) is 11.9. The summed E-state index contributed by atoms with van der Waals surface area (Å²) >= 11 is 0. The molecule has 11 rings (SSSR count). The van der Waals surface area contributed by atoms with E-state index in [9.17, 15) is 0 Å². The quantitative estimate of drug-likeness (QED) is 0.166. The van der Waals surface area contributed by atoms with Gasteiger partial charge in [0.25, 0.3) is 0 Å². The Labute approximate surface area is 320 Å². The first-order valence-corrected chi connectivity index (χ1v) is 19.1. The fraction of sp³-hybridized carbons (Fsp3) is 0.0566. The van der Waals surface area contributed by atoms with Gasteiger partial charge in [0.1, 0.15) is 5.58 Å². The molecular formula is C53H37NO. The topological polar surface area (TPSA) is 16.4 Å². The van der Waals surface area contributed by atoms with Gasteiger partial charge in [-0.25, -0.2) is 0 Å². The van der Waals surface area contributed by atoms with Crippen molar-refractivity contribution < 1.29 is 4.42 Å². The monoisotopic (exact) mass is 703 g/mol. The van der Waals surface area contributed by atoms with Gasteiger partial charge in [0.05, 0.1) is 5.69 Å². The highest BCUT2D eigenvalue weighted by molar-refractivity contribution is 6.31. The Hall–Kier alpha value is -6.90. The van der Waals surface area contributed by atoms with Crippen LogP contribution in [0.2, 0.25) is 0 Å². The summed E-state index contributed by atoms with van der Waals surface area (Å²) in [6.45, 7) is 4.71. The van der Waals surface area contributed by atoms with Crippen molar-refractivity contribution in [3.05, 3.63) is 199 Å². The lowest BCUT2D eigenvalue weighted by molar-refractivity contribution is 0.660. The van der Waals surface area contributed by atoms with Gasteiger partial charge in [0, 0.05) is 38.5 Å². The number of fused-ring (bicyclic) bond motifs is 11. The number of hydrogen-bond acceptors (Lipinski definition) is 2. The summed E-state index contributed by atoms with van der Waals surface area (Å²) in [5, 5.41) is 7.00. The lowest BCUT2D eigenvalue weighted by Gasteiger charge is -2.30. The Morgan fingerprint density at radius 1 is 0.382 bits per heavy atom. The molecule has 0 radical (unpaired) electrons. The van der Waals surface area contributed by atoms with Crippen LogP contribution in [0.5, 0.6) is 0 Å². The van der Waals surface area contributed by atoms with Crippen molar-refractivity contribution in [2.45, 2.75) is 19.3 Å². The Kier molecular flexibility index (Phi) is 6.93. The molecule has 0 atom stereocenters. The van der Waals surface area contributed by atoms with Crippen molar-refractivity contribution in [2.75, 3.05) is 4.90 Å². The van der Waals surface area contributed by atoms with E-state index in [0.717, 1.165) is 55.5 Å². The molecule has 2 heteroatoms. The van der Waals surface area contributed by atoms with E-state index in [1.165, 1.54) is 49.5 Å². The summed E-state index contributed by atoms with van der Waals surface area (Å²) in [7, 11) is 0. The average Bonchev–Trinajstić information content (AvgIpc) is 3.75. The third-order valence-electron chi connectivity index (χ3n) is 11.9. The molecule has 1 heterocycles. The predicted octanol–water partition coefficient (Wildman–Crippen LogP) is 15.0. The molecule has 0 saturated carbocycles. The van der Waals surface area contributed by atoms with Crippen LogP contribution < -0.4 is 4.90 Å². The molecule has 1 aliphatic carbocycles. The first-order valence-electron chi connectivity index (χ1n) is 19.1. The molecule has 0 fully saturated rings. The molecular weight excluding hydrogens is 667 g/mol. The van der Waals surface area contributed by atoms with Gasteiger partial charge < -0.3 is 9.32 Å². The van der Waals surface area contributed by atoms with E-state index in [1.54, 1.807) is 0 Å². The normalized spacial score (nSPS) is 13.1. The predicted molar refractivity (Wildman–Crippen MR) is 232 cm³/mol. The van der Waals surface area contributed by atoms with Crippen LogP contribution in [0.1, 0.15) is 25.0 Å². The van der Waals surface area contributed by atoms with Gasteiger partial charge in [-0.15, -0.1) is 0 Å². The van der Waals surface area contributed by atoms with Gasteiger partial charge in [-0.1, -0.05) is 172 Å². The molecule has 0 aliphatic heterocycles. The number of hydrogen-bond donors (Lipinski definition) is 0. The van der Waals surface area contributed by atoms with Crippen molar-refractivity contribution >= 4 is 60.5 Å². The minimum absolute atomic E-state index is 0.157. The standard InChI is InChI=1S/C53H37NO/c1-53(2)47-24-14-13-21-42(47)43-30-29-38(33-48(43)53)54(37-27-25-35(26-28-37)34-15-5-3-6-16-34)50-39(36-17-7-4-8-18-36)31-32-46-49-44-22-11-9-19-40(44)41-20-10-12-23-45(41)51(49)55-52(46)50/h3-33H,1-2H3.